The number of carbonyl (C=O) groups is 1. The summed E-state index contributed by atoms with van der Waals surface area (Å²) in [6, 6.07) is 8.27. The first-order valence-corrected chi connectivity index (χ1v) is 15.0. The molecule has 1 fully saturated rings. The minimum absolute atomic E-state index is 0.178. The number of carbonyl (C=O) groups excluding carboxylic acids is 1. The van der Waals surface area contributed by atoms with Crippen molar-refractivity contribution in [1.29, 1.82) is 0 Å². The minimum Gasteiger partial charge on any atom is -0.374 e. The van der Waals surface area contributed by atoms with Crippen LogP contribution in [0.15, 0.2) is 29.2 Å². The molecule has 1 aliphatic rings. The van der Waals surface area contributed by atoms with E-state index in [0.29, 0.717) is 18.6 Å². The molecule has 30 heavy (non-hydrogen) atoms. The molecule has 1 saturated heterocycles. The number of pyridine rings is 1. The molecular weight excluding hydrogens is 532 g/mol. The number of nitrogens with zero attached hydrogens (tertiary/aromatic N) is 3. The van der Waals surface area contributed by atoms with Crippen molar-refractivity contribution in [1.82, 2.24) is 14.3 Å². The van der Waals surface area contributed by atoms with Crippen molar-refractivity contribution < 1.29 is 9.53 Å². The second-order valence-electron chi connectivity index (χ2n) is 7.01. The summed E-state index contributed by atoms with van der Waals surface area (Å²) in [4.78, 5) is 21.5. The number of hydrogen-bond acceptors (Lipinski definition) is 6. The molecule has 2 atom stereocenters. The first-order chi connectivity index (χ1) is 14.6. The van der Waals surface area contributed by atoms with Crippen LogP contribution in [0.25, 0.3) is 11.2 Å². The Balaban J connectivity index is 1.73. The molecule has 3 heterocycles. The van der Waals surface area contributed by atoms with Gasteiger partial charge in [-0.3, -0.25) is 9.13 Å². The van der Waals surface area contributed by atoms with E-state index in [1.165, 1.54) is 12.0 Å². The van der Waals surface area contributed by atoms with Gasteiger partial charge in [-0.2, -0.15) is 0 Å². The molecule has 2 unspecified atom stereocenters. The van der Waals surface area contributed by atoms with Crippen molar-refractivity contribution >= 4 is 74.9 Å². The van der Waals surface area contributed by atoms with Gasteiger partial charge in [-0.1, -0.05) is 6.07 Å². The first kappa shape index (κ1) is 21.8. The van der Waals surface area contributed by atoms with Crippen LogP contribution in [0.3, 0.4) is 0 Å². The Kier molecular flexibility index (Phi) is 7.12. The number of ether oxygens (including phenoxy) is 1. The highest BCUT2D eigenvalue weighted by Crippen LogP contribution is 2.38. The van der Waals surface area contributed by atoms with Crippen molar-refractivity contribution in [2.45, 2.75) is 37.2 Å². The Morgan fingerprint density at radius 1 is 1.30 bits per heavy atom. The number of fused-ring (bicyclic) bond motifs is 1. The lowest BCUT2D eigenvalue weighted by Crippen LogP contribution is -2.11. The third-order valence-electron chi connectivity index (χ3n) is 5.12. The maximum absolute atomic E-state index is 11.0. The number of thioether (sulfide) groups is 1. The van der Waals surface area contributed by atoms with Crippen molar-refractivity contribution in [2.24, 2.45) is 0 Å². The molecule has 4 rings (SSSR count). The summed E-state index contributed by atoms with van der Waals surface area (Å²) < 4.78 is 8.01. The summed E-state index contributed by atoms with van der Waals surface area (Å²) in [7, 11) is 0. The van der Waals surface area contributed by atoms with Gasteiger partial charge in [-0.25, -0.2) is 9.97 Å². The maximum atomic E-state index is 11.0. The van der Waals surface area contributed by atoms with Crippen LogP contribution < -0.4 is 10.6 Å². The zero-order valence-corrected chi connectivity index (χ0v) is 20.7. The molecule has 0 saturated carbocycles. The first-order valence-electron chi connectivity index (χ1n) is 9.68. The van der Waals surface area contributed by atoms with Crippen molar-refractivity contribution in [3.8, 4) is 0 Å². The number of halogens is 1. The van der Waals surface area contributed by atoms with E-state index in [4.69, 9.17) is 9.72 Å². The van der Waals surface area contributed by atoms with Gasteiger partial charge in [-0.05, 0) is 72.2 Å². The van der Waals surface area contributed by atoms with Crippen LogP contribution >= 0.6 is 40.2 Å². The van der Waals surface area contributed by atoms with Crippen LogP contribution in [0, 0.1) is 6.92 Å². The third kappa shape index (κ3) is 4.44. The Hall–Kier alpha value is -1.42. The minimum atomic E-state index is 0.178. The Morgan fingerprint density at radius 3 is 2.87 bits per heavy atom. The van der Waals surface area contributed by atoms with E-state index in [-0.39, 0.29) is 6.10 Å². The molecule has 2 N–H and O–H groups in total. The number of amides is 1. The molecule has 1 aliphatic heterocycles. The van der Waals surface area contributed by atoms with E-state index in [1.807, 2.05) is 13.0 Å². The number of aromatic nitrogens is 3. The fourth-order valence-electron chi connectivity index (χ4n) is 3.65. The number of benzene rings is 1. The van der Waals surface area contributed by atoms with Gasteiger partial charge in [0.1, 0.15) is 17.2 Å². The highest BCUT2D eigenvalue weighted by molar-refractivity contribution is 14.2. The van der Waals surface area contributed by atoms with Crippen LogP contribution in [0.4, 0.5) is 17.2 Å². The van der Waals surface area contributed by atoms with Gasteiger partial charge < -0.3 is 15.4 Å². The molecule has 0 aliphatic carbocycles. The van der Waals surface area contributed by atoms with E-state index >= 15 is 0 Å². The Morgan fingerprint density at radius 2 is 2.17 bits per heavy atom. The predicted octanol–water partition coefficient (Wildman–Crippen LogP) is 5.81. The Labute approximate surface area is 194 Å². The lowest BCUT2D eigenvalue weighted by atomic mass is 10.0. The van der Waals surface area contributed by atoms with E-state index in [2.05, 4.69) is 66.5 Å². The van der Waals surface area contributed by atoms with Crippen LogP contribution in [0.2, 0.25) is 0 Å². The molecule has 1 aromatic carbocycles. The van der Waals surface area contributed by atoms with E-state index in [1.54, 1.807) is 11.8 Å². The van der Waals surface area contributed by atoms with Crippen LogP contribution in [0.1, 0.15) is 36.8 Å². The van der Waals surface area contributed by atoms with Crippen molar-refractivity contribution in [2.75, 3.05) is 23.5 Å². The zero-order chi connectivity index (χ0) is 21.1. The maximum Gasteiger partial charge on any atom is 0.212 e. The van der Waals surface area contributed by atoms with E-state index < -0.39 is 0 Å². The fourth-order valence-corrected chi connectivity index (χ4v) is 6.38. The topological polar surface area (TPSA) is 81.1 Å². The lowest BCUT2D eigenvalue weighted by Gasteiger charge is -2.24. The molecule has 10 heteroatoms. The highest BCUT2D eigenvalue weighted by Gasteiger charge is 2.19. The quantitative estimate of drug-likeness (QED) is 0.166. The van der Waals surface area contributed by atoms with Gasteiger partial charge in [0.15, 0.2) is 5.65 Å². The highest BCUT2D eigenvalue weighted by atomic mass is 127. The number of imidazole rings is 1. The summed E-state index contributed by atoms with van der Waals surface area (Å²) >= 11 is 4.01. The number of anilines is 3. The molecule has 1 amide bonds. The number of rotatable bonds is 7. The van der Waals surface area contributed by atoms with Crippen molar-refractivity contribution in [3.05, 3.63) is 35.7 Å². The van der Waals surface area contributed by atoms with Crippen LogP contribution in [-0.4, -0.2) is 33.6 Å². The summed E-state index contributed by atoms with van der Waals surface area (Å²) in [5.74, 6) is 1.39. The summed E-state index contributed by atoms with van der Waals surface area (Å²) in [6.45, 7) is 2.80. The monoisotopic (exact) mass is 555 g/mol. The van der Waals surface area contributed by atoms with Gasteiger partial charge in [0.05, 0.1) is 23.9 Å². The van der Waals surface area contributed by atoms with E-state index in [9.17, 15) is 4.79 Å². The molecule has 0 spiro atoms. The molecular formula is C20H23IN5O2PS. The van der Waals surface area contributed by atoms with Crippen molar-refractivity contribution in [3.63, 3.8) is 0 Å². The second kappa shape index (κ2) is 9.80. The third-order valence-corrected chi connectivity index (χ3v) is 8.05. The fraction of sp³-hybridized carbons (Fsp3) is 0.350. The zero-order valence-electron chi connectivity index (χ0n) is 16.7. The molecule has 7 nitrogen and oxygen atoms in total. The van der Waals surface area contributed by atoms with Gasteiger partial charge >= 0.3 is 0 Å². The normalized spacial score (nSPS) is 17.0. The second-order valence-corrected chi connectivity index (χ2v) is 9.92. The van der Waals surface area contributed by atoms with Crippen LogP contribution in [-0.2, 0) is 9.53 Å². The Bertz CT molecular complexity index is 1070. The largest absolute Gasteiger partial charge is 0.374 e. The van der Waals surface area contributed by atoms with E-state index in [0.717, 1.165) is 52.7 Å². The standard InChI is InChI=1S/C20H23IN5O2PS/c1-12-23-19-15(10-18(22-11-27)25-20(19)26(12)29-21)24-14-7-6-13(9-17(14)30-2)16-5-3-4-8-28-16/h6-7,9-11,16,29H,3-5,8H2,1-2H3,(H2,22,24,25,27). The molecule has 3 aromatic rings. The molecule has 2 aromatic heterocycles. The number of nitrogens with one attached hydrogen (secondary N) is 2. The van der Waals surface area contributed by atoms with Gasteiger partial charge in [0.25, 0.3) is 0 Å². The van der Waals surface area contributed by atoms with Crippen LogP contribution in [0.5, 0.6) is 0 Å². The average molecular weight is 555 g/mol. The van der Waals surface area contributed by atoms with Gasteiger partial charge in [0, 0.05) is 17.6 Å². The van der Waals surface area contributed by atoms with Gasteiger partial charge in [-0.15, -0.1) is 11.8 Å². The molecule has 0 bridgehead atoms. The summed E-state index contributed by atoms with van der Waals surface area (Å²) in [6.07, 6.45) is 6.78. The predicted molar refractivity (Wildman–Crippen MR) is 134 cm³/mol. The SMILES string of the molecule is CSc1cc(C2CCCCO2)ccc1Nc1cc(NC=O)nc2c1nc(C)n2PI. The number of aryl methyl sites for hydroxylation is 1. The summed E-state index contributed by atoms with van der Waals surface area (Å²) in [5.41, 5.74) is 4.58. The average Bonchev–Trinajstić information content (AvgIpc) is 3.10. The molecule has 158 valence electrons. The summed E-state index contributed by atoms with van der Waals surface area (Å²) in [5, 5.41) is 6.20. The lowest BCUT2D eigenvalue weighted by molar-refractivity contribution is -0.105. The number of hydrogen-bond donors (Lipinski definition) is 2. The smallest absolute Gasteiger partial charge is 0.212 e. The molecule has 0 radical (unpaired) electrons. The van der Waals surface area contributed by atoms with Gasteiger partial charge in [0.2, 0.25) is 6.41 Å².